The molecule has 0 aliphatic rings. The van der Waals surface area contributed by atoms with Crippen molar-refractivity contribution in [1.29, 1.82) is 0 Å². The summed E-state index contributed by atoms with van der Waals surface area (Å²) in [5, 5.41) is 0. The van der Waals surface area contributed by atoms with Crippen LogP contribution in [0, 0.1) is 6.92 Å². The molecule has 114 valence electrons. The highest BCUT2D eigenvalue weighted by Gasteiger charge is 2.23. The predicted octanol–water partition coefficient (Wildman–Crippen LogP) is 3.03. The molecule has 0 heterocycles. The first-order chi connectivity index (χ1) is 8.93. The van der Waals surface area contributed by atoms with E-state index in [4.69, 9.17) is 0 Å². The van der Waals surface area contributed by atoms with Gasteiger partial charge >= 0.3 is 0 Å². The molecule has 1 rings (SSSR count). The lowest BCUT2D eigenvalue weighted by Crippen LogP contribution is -2.23. The van der Waals surface area contributed by atoms with Crippen molar-refractivity contribution in [3.63, 3.8) is 0 Å². The maximum atomic E-state index is 10.7. The minimum absolute atomic E-state index is 0.00143. The molecule has 20 heavy (non-hydrogen) atoms. The summed E-state index contributed by atoms with van der Waals surface area (Å²) in [4.78, 5) is 2.26. The third-order valence-corrected chi connectivity index (χ3v) is 3.66. The molecule has 0 aliphatic heterocycles. The monoisotopic (exact) mass is 298 g/mol. The van der Waals surface area contributed by atoms with Crippen LogP contribution in [0.5, 0.6) is 0 Å². The Morgan fingerprint density at radius 2 is 1.50 bits per heavy atom. The van der Waals surface area contributed by atoms with Gasteiger partial charge in [0, 0.05) is 0 Å². The summed E-state index contributed by atoms with van der Waals surface area (Å²) >= 11 is 0. The maximum absolute atomic E-state index is 10.7. The van der Waals surface area contributed by atoms with E-state index in [0.29, 0.717) is 0 Å². The molecule has 0 aromatic heterocycles. The van der Waals surface area contributed by atoms with Gasteiger partial charge in [0.2, 0.25) is 10.9 Å². The zero-order chi connectivity index (χ0) is 15.7. The van der Waals surface area contributed by atoms with Crippen molar-refractivity contribution in [1.82, 2.24) is 4.83 Å². The van der Waals surface area contributed by atoms with Gasteiger partial charge in [-0.05, 0) is 40.5 Å². The third kappa shape index (κ3) is 4.21. The standard InChI is InChI=1S/C15H26N2O2S/c1-10-12(15(5,6)7)8-11(14(2,3)4)9-13(10)16-17-20(18)19/h8-9,16,20H,1-7H3,(H,17,18,19). The van der Waals surface area contributed by atoms with E-state index in [0.717, 1.165) is 11.3 Å². The molecule has 2 N–H and O–H groups in total. The molecule has 0 atom stereocenters. The van der Waals surface area contributed by atoms with E-state index in [1.165, 1.54) is 11.1 Å². The molecular weight excluding hydrogens is 272 g/mol. The van der Waals surface area contributed by atoms with Gasteiger partial charge in [0.25, 0.3) is 0 Å². The van der Waals surface area contributed by atoms with Crippen molar-refractivity contribution < 1.29 is 8.42 Å². The topological polar surface area (TPSA) is 58.2 Å². The van der Waals surface area contributed by atoms with Crippen LogP contribution in [-0.4, -0.2) is 8.42 Å². The molecule has 0 unspecified atom stereocenters. The number of thiol groups is 1. The second-order valence-electron chi connectivity index (χ2n) is 7.19. The van der Waals surface area contributed by atoms with E-state index in [1.807, 2.05) is 13.0 Å². The highest BCUT2D eigenvalue weighted by atomic mass is 32.2. The van der Waals surface area contributed by atoms with E-state index in [2.05, 4.69) is 57.9 Å². The number of anilines is 1. The Labute approximate surface area is 124 Å². The lowest BCUT2D eigenvalue weighted by molar-refractivity contribution is 0.566. The molecule has 0 radical (unpaired) electrons. The Morgan fingerprint density at radius 1 is 0.950 bits per heavy atom. The molecule has 0 aliphatic carbocycles. The van der Waals surface area contributed by atoms with Gasteiger partial charge in [0.05, 0.1) is 5.69 Å². The minimum atomic E-state index is -2.67. The quantitative estimate of drug-likeness (QED) is 0.594. The molecule has 1 aromatic rings. The Kier molecular flexibility index (Phi) is 4.87. The van der Waals surface area contributed by atoms with Gasteiger partial charge in [-0.25, -0.2) is 8.42 Å². The number of benzene rings is 1. The first-order valence-electron chi connectivity index (χ1n) is 6.74. The molecule has 0 bridgehead atoms. The SMILES string of the molecule is Cc1c(NN[SH](=O)=O)cc(C(C)(C)C)cc1C(C)(C)C. The second-order valence-corrected chi connectivity index (χ2v) is 7.93. The van der Waals surface area contributed by atoms with Crippen LogP contribution >= 0.6 is 0 Å². The number of rotatable bonds is 3. The molecule has 4 nitrogen and oxygen atoms in total. The van der Waals surface area contributed by atoms with E-state index in [9.17, 15) is 8.42 Å². The fourth-order valence-corrected chi connectivity index (χ4v) is 2.37. The smallest absolute Gasteiger partial charge is 0.218 e. The van der Waals surface area contributed by atoms with Crippen molar-refractivity contribution in [3.05, 3.63) is 28.8 Å². The van der Waals surface area contributed by atoms with Crippen LogP contribution in [0.4, 0.5) is 5.69 Å². The number of nitrogens with one attached hydrogen (secondary N) is 2. The molecule has 0 saturated heterocycles. The van der Waals surface area contributed by atoms with Crippen LogP contribution in [0.25, 0.3) is 0 Å². The minimum Gasteiger partial charge on any atom is -0.308 e. The predicted molar refractivity (Wildman–Crippen MR) is 85.7 cm³/mol. The average molecular weight is 298 g/mol. The molecule has 1 aromatic carbocycles. The fourth-order valence-electron chi connectivity index (χ4n) is 2.16. The highest BCUT2D eigenvalue weighted by molar-refractivity contribution is 7.70. The van der Waals surface area contributed by atoms with Gasteiger partial charge in [-0.3, -0.25) is 0 Å². The van der Waals surface area contributed by atoms with Gasteiger partial charge in [0.15, 0.2) is 0 Å². The van der Waals surface area contributed by atoms with E-state index in [-0.39, 0.29) is 10.8 Å². The molecule has 0 spiro atoms. The van der Waals surface area contributed by atoms with Gasteiger partial charge in [-0.15, -0.1) is 4.83 Å². The molecule has 0 amide bonds. The van der Waals surface area contributed by atoms with Crippen LogP contribution < -0.4 is 10.3 Å². The van der Waals surface area contributed by atoms with Crippen LogP contribution in [-0.2, 0) is 21.7 Å². The Bertz CT molecular complexity index is 556. The Morgan fingerprint density at radius 3 is 1.90 bits per heavy atom. The van der Waals surface area contributed by atoms with E-state index in [1.54, 1.807) is 0 Å². The summed E-state index contributed by atoms with van der Waals surface area (Å²) in [6.45, 7) is 14.9. The average Bonchev–Trinajstić information content (AvgIpc) is 2.24. The van der Waals surface area contributed by atoms with Crippen molar-refractivity contribution in [2.24, 2.45) is 0 Å². The van der Waals surface area contributed by atoms with Crippen LogP contribution in [0.3, 0.4) is 0 Å². The summed E-state index contributed by atoms with van der Waals surface area (Å²) in [5.41, 5.74) is 7.07. The number of hydrogen-bond acceptors (Lipinski definition) is 3. The molecule has 0 saturated carbocycles. The van der Waals surface area contributed by atoms with Gasteiger partial charge in [-0.2, -0.15) is 0 Å². The summed E-state index contributed by atoms with van der Waals surface area (Å²) in [6.07, 6.45) is 0. The Balaban J connectivity index is 3.42. The van der Waals surface area contributed by atoms with Crippen LogP contribution in [0.1, 0.15) is 58.2 Å². The summed E-state index contributed by atoms with van der Waals surface area (Å²) in [5.74, 6) is 0. The van der Waals surface area contributed by atoms with Gasteiger partial charge < -0.3 is 5.43 Å². The third-order valence-electron chi connectivity index (χ3n) is 3.36. The molecule has 0 fully saturated rings. The second kappa shape index (κ2) is 5.74. The van der Waals surface area contributed by atoms with Crippen molar-refractivity contribution in [3.8, 4) is 0 Å². The van der Waals surface area contributed by atoms with Gasteiger partial charge in [-0.1, -0.05) is 47.6 Å². The van der Waals surface area contributed by atoms with Gasteiger partial charge in [0.1, 0.15) is 0 Å². The first-order valence-corrected chi connectivity index (χ1v) is 7.92. The van der Waals surface area contributed by atoms with E-state index >= 15 is 0 Å². The zero-order valence-electron chi connectivity index (χ0n) is 13.4. The lowest BCUT2D eigenvalue weighted by atomic mass is 9.78. The first kappa shape index (κ1) is 17.0. The fraction of sp³-hybridized carbons (Fsp3) is 0.600. The van der Waals surface area contributed by atoms with Crippen LogP contribution in [0.2, 0.25) is 0 Å². The largest absolute Gasteiger partial charge is 0.308 e. The summed E-state index contributed by atoms with van der Waals surface area (Å²) in [7, 11) is -2.67. The van der Waals surface area contributed by atoms with Crippen molar-refractivity contribution in [2.75, 3.05) is 5.43 Å². The Hall–Kier alpha value is -1.07. The normalized spacial score (nSPS) is 12.8. The maximum Gasteiger partial charge on any atom is 0.218 e. The van der Waals surface area contributed by atoms with Crippen LogP contribution in [0.15, 0.2) is 12.1 Å². The number of hydrogen-bond donors (Lipinski definition) is 3. The summed E-state index contributed by atoms with van der Waals surface area (Å²) in [6, 6.07) is 4.23. The number of hydrazine groups is 1. The van der Waals surface area contributed by atoms with Crippen molar-refractivity contribution >= 4 is 16.6 Å². The summed E-state index contributed by atoms with van der Waals surface area (Å²) < 4.78 is 21.4. The molecule has 5 heteroatoms. The highest BCUT2D eigenvalue weighted by Crippen LogP contribution is 2.35. The van der Waals surface area contributed by atoms with E-state index < -0.39 is 10.9 Å². The molecular formula is C15H26N2O2S. The lowest BCUT2D eigenvalue weighted by Gasteiger charge is -2.28. The zero-order valence-corrected chi connectivity index (χ0v) is 14.3. The van der Waals surface area contributed by atoms with Crippen molar-refractivity contribution in [2.45, 2.75) is 59.3 Å².